The first-order chi connectivity index (χ1) is 13.7. The van der Waals surface area contributed by atoms with Gasteiger partial charge in [0, 0.05) is 35.2 Å². The minimum Gasteiger partial charge on any atom is -0.314 e. The number of rotatable bonds is 6. The number of azo groups is 1. The van der Waals surface area contributed by atoms with Crippen LogP contribution >= 0.6 is 11.3 Å². The van der Waals surface area contributed by atoms with E-state index in [1.165, 1.54) is 11.1 Å². The fourth-order valence-electron chi connectivity index (χ4n) is 4.27. The van der Waals surface area contributed by atoms with Crippen molar-refractivity contribution < 1.29 is 0 Å². The van der Waals surface area contributed by atoms with Gasteiger partial charge in [0.05, 0.1) is 5.69 Å². The van der Waals surface area contributed by atoms with Crippen molar-refractivity contribution in [2.75, 3.05) is 5.32 Å². The van der Waals surface area contributed by atoms with Gasteiger partial charge >= 0.3 is 0 Å². The summed E-state index contributed by atoms with van der Waals surface area (Å²) >= 11 is 1.63. The van der Waals surface area contributed by atoms with Gasteiger partial charge in [-0.3, -0.25) is 4.98 Å². The van der Waals surface area contributed by atoms with Crippen molar-refractivity contribution in [1.82, 2.24) is 9.97 Å². The van der Waals surface area contributed by atoms with Gasteiger partial charge in [0.2, 0.25) is 0 Å². The molecule has 3 heterocycles. The monoisotopic (exact) mass is 389 g/mol. The van der Waals surface area contributed by atoms with Crippen molar-refractivity contribution in [2.45, 2.75) is 44.6 Å². The number of hydrogen-bond acceptors (Lipinski definition) is 6. The zero-order chi connectivity index (χ0) is 19.2. The second-order valence-electron chi connectivity index (χ2n) is 7.90. The Kier molecular flexibility index (Phi) is 4.05. The molecule has 3 atom stereocenters. The maximum Gasteiger partial charge on any atom is 0.188 e. The molecule has 3 aliphatic rings. The second kappa shape index (κ2) is 6.48. The second-order valence-corrected chi connectivity index (χ2v) is 8.76. The SMILES string of the molecule is CCC(C)c1csc(NC2=C3C=CC=CC34CC4(Cc3ccncc3)N=N2)n1. The van der Waals surface area contributed by atoms with Gasteiger partial charge in [0.25, 0.3) is 0 Å². The Hall–Kier alpha value is -2.60. The summed E-state index contributed by atoms with van der Waals surface area (Å²) in [5.41, 5.74) is 3.37. The van der Waals surface area contributed by atoms with Gasteiger partial charge in [0.15, 0.2) is 11.0 Å². The normalized spacial score (nSPS) is 28.1. The van der Waals surface area contributed by atoms with Gasteiger partial charge in [0.1, 0.15) is 5.54 Å². The third-order valence-corrected chi connectivity index (χ3v) is 7.00. The van der Waals surface area contributed by atoms with E-state index in [0.29, 0.717) is 5.92 Å². The standard InChI is InChI=1S/C22H23N5S/c1-3-15(2)18-13-28-20(24-18)25-19-17-6-4-5-9-21(17)14-22(21,27-26-19)12-16-7-10-23-11-8-16/h4-11,13,15H,3,12,14H2,1-2H3,(H,24,25). The van der Waals surface area contributed by atoms with E-state index >= 15 is 0 Å². The van der Waals surface area contributed by atoms with Crippen molar-refractivity contribution in [3.05, 3.63) is 76.9 Å². The summed E-state index contributed by atoms with van der Waals surface area (Å²) in [5.74, 6) is 1.30. The Labute approximate surface area is 169 Å². The van der Waals surface area contributed by atoms with Crippen molar-refractivity contribution in [2.24, 2.45) is 15.6 Å². The molecular formula is C22H23N5S. The van der Waals surface area contributed by atoms with E-state index in [0.717, 1.165) is 35.9 Å². The van der Waals surface area contributed by atoms with Gasteiger partial charge in [-0.05, 0) is 36.5 Å². The molecule has 2 aliphatic carbocycles. The van der Waals surface area contributed by atoms with Crippen LogP contribution in [0.4, 0.5) is 5.13 Å². The largest absolute Gasteiger partial charge is 0.314 e. The molecule has 5 nitrogen and oxygen atoms in total. The number of hydrogen-bond donors (Lipinski definition) is 1. The van der Waals surface area contributed by atoms with Crippen LogP contribution in [0.1, 0.15) is 43.9 Å². The van der Waals surface area contributed by atoms with Gasteiger partial charge in [-0.1, -0.05) is 38.2 Å². The maximum absolute atomic E-state index is 4.82. The Balaban J connectivity index is 1.44. The smallest absolute Gasteiger partial charge is 0.188 e. The van der Waals surface area contributed by atoms with Crippen LogP contribution in [0.3, 0.4) is 0 Å². The molecule has 1 spiro atoms. The average molecular weight is 390 g/mol. The number of anilines is 1. The Morgan fingerprint density at radius 2 is 2.11 bits per heavy atom. The molecule has 142 valence electrons. The molecule has 0 bridgehead atoms. The molecule has 1 fully saturated rings. The summed E-state index contributed by atoms with van der Waals surface area (Å²) in [6.45, 7) is 4.40. The third kappa shape index (κ3) is 2.66. The summed E-state index contributed by atoms with van der Waals surface area (Å²) in [4.78, 5) is 8.89. The first-order valence-corrected chi connectivity index (χ1v) is 10.7. The highest BCUT2D eigenvalue weighted by atomic mass is 32.1. The van der Waals surface area contributed by atoms with Crippen LogP contribution in [0.15, 0.2) is 75.8 Å². The number of pyridine rings is 1. The lowest BCUT2D eigenvalue weighted by Gasteiger charge is -2.27. The van der Waals surface area contributed by atoms with E-state index in [2.05, 4.69) is 71.1 Å². The molecule has 1 N–H and O–H groups in total. The van der Waals surface area contributed by atoms with E-state index in [9.17, 15) is 0 Å². The lowest BCUT2D eigenvalue weighted by Crippen LogP contribution is -2.26. The molecule has 0 amide bonds. The highest BCUT2D eigenvalue weighted by Gasteiger charge is 2.70. The average Bonchev–Trinajstić information content (AvgIpc) is 3.11. The molecule has 28 heavy (non-hydrogen) atoms. The first kappa shape index (κ1) is 17.5. The Morgan fingerprint density at radius 1 is 1.25 bits per heavy atom. The van der Waals surface area contributed by atoms with E-state index in [1.54, 1.807) is 11.3 Å². The molecule has 0 saturated heterocycles. The molecule has 2 aromatic heterocycles. The predicted molar refractivity (Wildman–Crippen MR) is 112 cm³/mol. The zero-order valence-electron chi connectivity index (χ0n) is 16.1. The van der Waals surface area contributed by atoms with Gasteiger partial charge in [-0.15, -0.1) is 16.5 Å². The molecule has 3 unspecified atom stereocenters. The van der Waals surface area contributed by atoms with Crippen LogP contribution in [-0.4, -0.2) is 15.5 Å². The summed E-state index contributed by atoms with van der Waals surface area (Å²) in [5, 5.41) is 15.9. The molecular weight excluding hydrogens is 366 g/mol. The lowest BCUT2D eigenvalue weighted by atomic mass is 9.83. The number of aromatic nitrogens is 2. The maximum atomic E-state index is 4.82. The molecule has 1 saturated carbocycles. The molecule has 6 heteroatoms. The van der Waals surface area contributed by atoms with Gasteiger partial charge in [-0.25, -0.2) is 4.98 Å². The van der Waals surface area contributed by atoms with E-state index in [4.69, 9.17) is 10.1 Å². The lowest BCUT2D eigenvalue weighted by molar-refractivity contribution is 0.514. The molecule has 5 rings (SSSR count). The Bertz CT molecular complexity index is 1020. The molecule has 2 aromatic rings. The summed E-state index contributed by atoms with van der Waals surface area (Å²) in [6.07, 6.45) is 15.4. The fourth-order valence-corrected chi connectivity index (χ4v) is 5.10. The third-order valence-electron chi connectivity index (χ3n) is 6.22. The van der Waals surface area contributed by atoms with Crippen LogP contribution in [0.25, 0.3) is 0 Å². The van der Waals surface area contributed by atoms with Crippen molar-refractivity contribution in [3.8, 4) is 0 Å². The van der Waals surface area contributed by atoms with E-state index in [-0.39, 0.29) is 11.0 Å². The number of nitrogens with zero attached hydrogens (tertiary/aromatic N) is 4. The Morgan fingerprint density at radius 3 is 2.93 bits per heavy atom. The van der Waals surface area contributed by atoms with Crippen molar-refractivity contribution >= 4 is 16.5 Å². The fraction of sp³-hybridized carbons (Fsp3) is 0.364. The minimum absolute atomic E-state index is 0.0636. The highest BCUT2D eigenvalue weighted by Crippen LogP contribution is 2.69. The topological polar surface area (TPSA) is 62.5 Å². The molecule has 0 aromatic carbocycles. The summed E-state index contributed by atoms with van der Waals surface area (Å²) in [6, 6.07) is 4.14. The van der Waals surface area contributed by atoms with Crippen LogP contribution in [0.2, 0.25) is 0 Å². The summed E-state index contributed by atoms with van der Waals surface area (Å²) in [7, 11) is 0. The van der Waals surface area contributed by atoms with Crippen LogP contribution in [0.5, 0.6) is 0 Å². The van der Waals surface area contributed by atoms with Crippen LogP contribution in [-0.2, 0) is 6.42 Å². The highest BCUT2D eigenvalue weighted by molar-refractivity contribution is 7.13. The van der Waals surface area contributed by atoms with Crippen molar-refractivity contribution in [1.29, 1.82) is 0 Å². The molecule has 0 radical (unpaired) electrons. The number of nitrogens with one attached hydrogen (secondary N) is 1. The predicted octanol–water partition coefficient (Wildman–Crippen LogP) is 5.64. The first-order valence-electron chi connectivity index (χ1n) is 9.81. The minimum atomic E-state index is -0.180. The van der Waals surface area contributed by atoms with Gasteiger partial charge < -0.3 is 5.32 Å². The quantitative estimate of drug-likeness (QED) is 0.695. The molecule has 1 aliphatic heterocycles. The van der Waals surface area contributed by atoms with Crippen molar-refractivity contribution in [3.63, 3.8) is 0 Å². The van der Waals surface area contributed by atoms with E-state index < -0.39 is 0 Å². The number of thiazole rings is 1. The van der Waals surface area contributed by atoms with E-state index in [1.807, 2.05) is 12.4 Å². The van der Waals surface area contributed by atoms with Crippen LogP contribution in [0, 0.1) is 5.41 Å². The zero-order valence-corrected chi connectivity index (χ0v) is 16.9. The van der Waals surface area contributed by atoms with Gasteiger partial charge in [-0.2, -0.15) is 5.11 Å². The summed E-state index contributed by atoms with van der Waals surface area (Å²) < 4.78 is 0. The van der Waals surface area contributed by atoms with Crippen LogP contribution < -0.4 is 5.32 Å². The number of allylic oxidation sites excluding steroid dienone is 3.